The van der Waals surface area contributed by atoms with Crippen LogP contribution in [0.3, 0.4) is 0 Å². The van der Waals surface area contributed by atoms with Gasteiger partial charge >= 0.3 is 0 Å². The SMILES string of the molecule is c1ccc(C(NC2CCNC2)c2ccco2)cc1. The number of hydrogen-bond donors (Lipinski definition) is 2. The van der Waals surface area contributed by atoms with Gasteiger partial charge in [-0.15, -0.1) is 0 Å². The molecule has 3 rings (SSSR count). The van der Waals surface area contributed by atoms with Gasteiger partial charge in [-0.2, -0.15) is 0 Å². The van der Waals surface area contributed by atoms with E-state index in [1.807, 2.05) is 18.2 Å². The topological polar surface area (TPSA) is 37.2 Å². The Hall–Kier alpha value is -1.58. The Morgan fingerprint density at radius 1 is 1.17 bits per heavy atom. The summed E-state index contributed by atoms with van der Waals surface area (Å²) in [5.74, 6) is 0.980. The van der Waals surface area contributed by atoms with E-state index in [0.29, 0.717) is 6.04 Å². The molecule has 0 spiro atoms. The molecule has 1 aromatic carbocycles. The van der Waals surface area contributed by atoms with E-state index in [1.165, 1.54) is 12.0 Å². The number of rotatable bonds is 4. The fraction of sp³-hybridized carbons (Fsp3) is 0.333. The monoisotopic (exact) mass is 242 g/mol. The van der Waals surface area contributed by atoms with Gasteiger partial charge in [0.05, 0.1) is 12.3 Å². The summed E-state index contributed by atoms with van der Waals surface area (Å²) in [6.07, 6.45) is 2.91. The van der Waals surface area contributed by atoms with Gasteiger partial charge in [-0.3, -0.25) is 5.32 Å². The fourth-order valence-corrected chi connectivity index (χ4v) is 2.48. The zero-order valence-electron chi connectivity index (χ0n) is 10.3. The van der Waals surface area contributed by atoms with Crippen molar-refractivity contribution in [3.8, 4) is 0 Å². The van der Waals surface area contributed by atoms with E-state index >= 15 is 0 Å². The molecule has 0 saturated carbocycles. The predicted octanol–water partition coefficient (Wildman–Crippen LogP) is 2.32. The lowest BCUT2D eigenvalue weighted by molar-refractivity contribution is 0.413. The van der Waals surface area contributed by atoms with Crippen molar-refractivity contribution in [2.45, 2.75) is 18.5 Å². The van der Waals surface area contributed by atoms with Gasteiger partial charge in [-0.25, -0.2) is 0 Å². The Morgan fingerprint density at radius 2 is 2.06 bits per heavy atom. The molecule has 2 atom stereocenters. The van der Waals surface area contributed by atoms with Crippen molar-refractivity contribution in [3.63, 3.8) is 0 Å². The van der Waals surface area contributed by atoms with Gasteiger partial charge in [0.25, 0.3) is 0 Å². The molecule has 0 bridgehead atoms. The second-order valence-corrected chi connectivity index (χ2v) is 4.72. The summed E-state index contributed by atoms with van der Waals surface area (Å²) in [7, 11) is 0. The maximum atomic E-state index is 5.58. The summed E-state index contributed by atoms with van der Waals surface area (Å²) in [4.78, 5) is 0. The van der Waals surface area contributed by atoms with Crippen LogP contribution in [-0.2, 0) is 0 Å². The maximum Gasteiger partial charge on any atom is 0.125 e. The van der Waals surface area contributed by atoms with Crippen LogP contribution in [0.1, 0.15) is 23.8 Å². The first-order valence-electron chi connectivity index (χ1n) is 6.48. The van der Waals surface area contributed by atoms with Crippen LogP contribution in [0.2, 0.25) is 0 Å². The molecule has 2 aromatic rings. The molecule has 18 heavy (non-hydrogen) atoms. The fourth-order valence-electron chi connectivity index (χ4n) is 2.48. The zero-order chi connectivity index (χ0) is 12.2. The summed E-state index contributed by atoms with van der Waals surface area (Å²) in [6.45, 7) is 2.13. The Bertz CT molecular complexity index is 461. The van der Waals surface area contributed by atoms with Crippen molar-refractivity contribution in [2.75, 3.05) is 13.1 Å². The lowest BCUT2D eigenvalue weighted by Crippen LogP contribution is -2.34. The lowest BCUT2D eigenvalue weighted by Gasteiger charge is -2.21. The average molecular weight is 242 g/mol. The van der Waals surface area contributed by atoms with Crippen LogP contribution < -0.4 is 10.6 Å². The summed E-state index contributed by atoms with van der Waals surface area (Å²) in [5, 5.41) is 7.06. The standard InChI is InChI=1S/C15H18N2O/c1-2-5-12(6-3-1)15(14-7-4-10-18-14)17-13-8-9-16-11-13/h1-7,10,13,15-17H,8-9,11H2. The highest BCUT2D eigenvalue weighted by Gasteiger charge is 2.22. The molecule has 0 amide bonds. The van der Waals surface area contributed by atoms with Gasteiger partial charge in [-0.05, 0) is 30.7 Å². The second-order valence-electron chi connectivity index (χ2n) is 4.72. The van der Waals surface area contributed by atoms with Gasteiger partial charge in [0.1, 0.15) is 5.76 Å². The van der Waals surface area contributed by atoms with E-state index in [9.17, 15) is 0 Å². The first kappa shape index (κ1) is 11.5. The summed E-state index contributed by atoms with van der Waals surface area (Å²) >= 11 is 0. The maximum absolute atomic E-state index is 5.58. The molecule has 2 unspecified atom stereocenters. The molecule has 3 heteroatoms. The van der Waals surface area contributed by atoms with E-state index < -0.39 is 0 Å². The molecule has 1 aliphatic heterocycles. The molecule has 0 radical (unpaired) electrons. The third-order valence-corrected chi connectivity index (χ3v) is 3.42. The molecule has 94 valence electrons. The van der Waals surface area contributed by atoms with E-state index in [4.69, 9.17) is 4.42 Å². The Balaban J connectivity index is 1.84. The Kier molecular flexibility index (Phi) is 3.44. The summed E-state index contributed by atoms with van der Waals surface area (Å²) < 4.78 is 5.58. The second kappa shape index (κ2) is 5.38. The number of benzene rings is 1. The number of nitrogens with one attached hydrogen (secondary N) is 2. The molecule has 1 aromatic heterocycles. The van der Waals surface area contributed by atoms with E-state index in [0.717, 1.165) is 18.8 Å². The van der Waals surface area contributed by atoms with Gasteiger partial charge in [-0.1, -0.05) is 30.3 Å². The zero-order valence-corrected chi connectivity index (χ0v) is 10.3. The Labute approximate surface area is 107 Å². The first-order valence-corrected chi connectivity index (χ1v) is 6.48. The van der Waals surface area contributed by atoms with Crippen molar-refractivity contribution < 1.29 is 4.42 Å². The average Bonchev–Trinajstić information content (AvgIpc) is 3.10. The largest absolute Gasteiger partial charge is 0.467 e. The molecule has 1 aliphatic rings. The summed E-state index contributed by atoms with van der Waals surface area (Å²) in [5.41, 5.74) is 1.25. The van der Waals surface area contributed by atoms with Gasteiger partial charge in [0, 0.05) is 12.6 Å². The van der Waals surface area contributed by atoms with Gasteiger partial charge < -0.3 is 9.73 Å². The quantitative estimate of drug-likeness (QED) is 0.864. The third kappa shape index (κ3) is 2.47. The molecule has 1 fully saturated rings. The van der Waals surface area contributed by atoms with Crippen LogP contribution in [0, 0.1) is 0 Å². The molecular formula is C15H18N2O. The molecule has 3 nitrogen and oxygen atoms in total. The molecule has 0 aliphatic carbocycles. The number of furan rings is 1. The van der Waals surface area contributed by atoms with Crippen LogP contribution in [0.25, 0.3) is 0 Å². The predicted molar refractivity (Wildman–Crippen MR) is 71.4 cm³/mol. The molecule has 1 saturated heterocycles. The van der Waals surface area contributed by atoms with Crippen molar-refractivity contribution in [1.29, 1.82) is 0 Å². The van der Waals surface area contributed by atoms with Crippen LogP contribution in [-0.4, -0.2) is 19.1 Å². The van der Waals surface area contributed by atoms with Crippen molar-refractivity contribution in [3.05, 3.63) is 60.1 Å². The highest BCUT2D eigenvalue weighted by Crippen LogP contribution is 2.23. The van der Waals surface area contributed by atoms with Crippen LogP contribution in [0.5, 0.6) is 0 Å². The minimum absolute atomic E-state index is 0.145. The van der Waals surface area contributed by atoms with Crippen molar-refractivity contribution in [1.82, 2.24) is 10.6 Å². The lowest BCUT2D eigenvalue weighted by atomic mass is 10.0. The normalized spacial score (nSPS) is 21.0. The highest BCUT2D eigenvalue weighted by atomic mass is 16.3. The van der Waals surface area contributed by atoms with Crippen LogP contribution >= 0.6 is 0 Å². The van der Waals surface area contributed by atoms with E-state index in [-0.39, 0.29) is 6.04 Å². The van der Waals surface area contributed by atoms with Crippen molar-refractivity contribution in [2.24, 2.45) is 0 Å². The van der Waals surface area contributed by atoms with Gasteiger partial charge in [0.2, 0.25) is 0 Å². The first-order chi connectivity index (χ1) is 8.93. The Morgan fingerprint density at radius 3 is 2.72 bits per heavy atom. The smallest absolute Gasteiger partial charge is 0.125 e. The minimum atomic E-state index is 0.145. The van der Waals surface area contributed by atoms with Crippen LogP contribution in [0.15, 0.2) is 53.1 Å². The number of hydrogen-bond acceptors (Lipinski definition) is 3. The highest BCUT2D eigenvalue weighted by molar-refractivity contribution is 5.26. The van der Waals surface area contributed by atoms with E-state index in [1.54, 1.807) is 6.26 Å². The summed E-state index contributed by atoms with van der Waals surface area (Å²) in [6, 6.07) is 15.1. The van der Waals surface area contributed by atoms with Gasteiger partial charge in [0.15, 0.2) is 0 Å². The third-order valence-electron chi connectivity index (χ3n) is 3.42. The minimum Gasteiger partial charge on any atom is -0.467 e. The van der Waals surface area contributed by atoms with E-state index in [2.05, 4.69) is 34.9 Å². The molecule has 2 heterocycles. The van der Waals surface area contributed by atoms with Crippen LogP contribution in [0.4, 0.5) is 0 Å². The molecule has 2 N–H and O–H groups in total. The van der Waals surface area contributed by atoms with Crippen molar-refractivity contribution >= 4 is 0 Å². The molecular weight excluding hydrogens is 224 g/mol.